The molecular formula is C21H19ClN4O3. The van der Waals surface area contributed by atoms with Crippen LogP contribution in [0.3, 0.4) is 0 Å². The molecule has 0 spiro atoms. The van der Waals surface area contributed by atoms with Crippen molar-refractivity contribution in [1.82, 2.24) is 14.5 Å². The lowest BCUT2D eigenvalue weighted by molar-refractivity contribution is -0.140. The van der Waals surface area contributed by atoms with E-state index in [0.29, 0.717) is 34.4 Å². The number of aliphatic imine (C=N–C) groups is 1. The number of hydrogen-bond donors (Lipinski definition) is 1. The van der Waals surface area contributed by atoms with Gasteiger partial charge in [-0.1, -0.05) is 17.7 Å². The number of fused-ring (bicyclic) bond motifs is 3. The van der Waals surface area contributed by atoms with Gasteiger partial charge in [0.05, 0.1) is 42.7 Å². The van der Waals surface area contributed by atoms with E-state index in [1.807, 2.05) is 34.9 Å². The molecule has 3 aromatic rings. The third-order valence-electron chi connectivity index (χ3n) is 4.82. The fraction of sp³-hybridized carbons (Fsp3) is 0.238. The first-order chi connectivity index (χ1) is 14.1. The van der Waals surface area contributed by atoms with Crippen LogP contribution in [0.5, 0.6) is 0 Å². The number of aromatic nitrogens is 3. The highest BCUT2D eigenvalue weighted by molar-refractivity contribution is 6.31. The molecule has 0 amide bonds. The predicted octanol–water partition coefficient (Wildman–Crippen LogP) is 3.26. The molecule has 0 bridgehead atoms. The predicted molar refractivity (Wildman–Crippen MR) is 108 cm³/mol. The van der Waals surface area contributed by atoms with Crippen molar-refractivity contribution in [3.63, 3.8) is 0 Å². The zero-order chi connectivity index (χ0) is 20.4. The zero-order valence-electron chi connectivity index (χ0n) is 15.7. The van der Waals surface area contributed by atoms with Gasteiger partial charge in [0.1, 0.15) is 11.9 Å². The molecule has 1 N–H and O–H groups in total. The van der Waals surface area contributed by atoms with Crippen LogP contribution in [0.1, 0.15) is 41.7 Å². The van der Waals surface area contributed by atoms with Crippen LogP contribution in [-0.2, 0) is 16.1 Å². The van der Waals surface area contributed by atoms with E-state index in [2.05, 4.69) is 9.97 Å². The molecule has 148 valence electrons. The number of imidazole rings is 1. The van der Waals surface area contributed by atoms with Crippen LogP contribution in [0.2, 0.25) is 5.02 Å². The van der Waals surface area contributed by atoms with Crippen molar-refractivity contribution < 1.29 is 14.6 Å². The minimum Gasteiger partial charge on any atom is -0.469 e. The monoisotopic (exact) mass is 410 g/mol. The number of aliphatic hydroxyl groups is 1. The number of ether oxygens (including phenoxy) is 1. The standard InChI is InChI=1S/C21H19ClN4O3/c1-29-19(28)8-6-17-21-24-11-14(12-27)26(21)18-7-5-13(22)10-15(18)20(25-17)16-4-2-3-9-23-16/h2-5,7,9-11,17,27H,6,8,12H2,1H3/t17-/m0/s1. The SMILES string of the molecule is COC(=O)CC[C@@H]1N=C(c2ccccn2)c2cc(Cl)ccc2-n2c(CO)cnc21. The van der Waals surface area contributed by atoms with E-state index < -0.39 is 6.04 Å². The van der Waals surface area contributed by atoms with Crippen molar-refractivity contribution in [2.75, 3.05) is 7.11 Å². The Morgan fingerprint density at radius 2 is 2.14 bits per heavy atom. The highest BCUT2D eigenvalue weighted by Gasteiger charge is 2.28. The van der Waals surface area contributed by atoms with Gasteiger partial charge in [0, 0.05) is 23.2 Å². The Kier molecular flexibility index (Phi) is 5.42. The lowest BCUT2D eigenvalue weighted by Gasteiger charge is -2.14. The first-order valence-corrected chi connectivity index (χ1v) is 9.54. The molecule has 3 heterocycles. The van der Waals surface area contributed by atoms with Crippen LogP contribution in [0.4, 0.5) is 0 Å². The quantitative estimate of drug-likeness (QED) is 0.652. The first kappa shape index (κ1) is 19.3. The normalized spacial score (nSPS) is 15.1. The van der Waals surface area contributed by atoms with Gasteiger partial charge < -0.3 is 9.84 Å². The van der Waals surface area contributed by atoms with Gasteiger partial charge in [0.15, 0.2) is 0 Å². The molecule has 0 fully saturated rings. The highest BCUT2D eigenvalue weighted by atomic mass is 35.5. The Labute approximate surface area is 172 Å². The molecule has 0 saturated carbocycles. The van der Waals surface area contributed by atoms with Crippen LogP contribution < -0.4 is 0 Å². The fourth-order valence-electron chi connectivity index (χ4n) is 3.46. The zero-order valence-corrected chi connectivity index (χ0v) is 16.5. The van der Waals surface area contributed by atoms with Crippen molar-refractivity contribution >= 4 is 23.3 Å². The summed E-state index contributed by atoms with van der Waals surface area (Å²) in [5, 5.41) is 10.4. The minimum atomic E-state index is -0.419. The van der Waals surface area contributed by atoms with Crippen molar-refractivity contribution in [2.45, 2.75) is 25.5 Å². The summed E-state index contributed by atoms with van der Waals surface area (Å²) in [7, 11) is 1.36. The Bertz CT molecular complexity index is 1080. The number of halogens is 1. The Hall–Kier alpha value is -3.03. The van der Waals surface area contributed by atoms with Crippen LogP contribution >= 0.6 is 11.6 Å². The number of methoxy groups -OCH3 is 1. The number of pyridine rings is 1. The maximum absolute atomic E-state index is 11.8. The van der Waals surface area contributed by atoms with E-state index in [4.69, 9.17) is 21.3 Å². The third kappa shape index (κ3) is 3.66. The highest BCUT2D eigenvalue weighted by Crippen LogP contribution is 2.34. The summed E-state index contributed by atoms with van der Waals surface area (Å²) < 4.78 is 6.67. The molecule has 0 unspecified atom stereocenters. The van der Waals surface area contributed by atoms with E-state index in [9.17, 15) is 9.90 Å². The molecule has 1 aliphatic heterocycles. The molecule has 4 rings (SSSR count). The molecule has 7 nitrogen and oxygen atoms in total. The number of esters is 1. The fourth-order valence-corrected chi connectivity index (χ4v) is 3.63. The lowest BCUT2D eigenvalue weighted by atomic mass is 10.0. The lowest BCUT2D eigenvalue weighted by Crippen LogP contribution is -2.10. The third-order valence-corrected chi connectivity index (χ3v) is 5.05. The average molecular weight is 411 g/mol. The van der Waals surface area contributed by atoms with Crippen molar-refractivity contribution in [3.8, 4) is 5.69 Å². The van der Waals surface area contributed by atoms with Crippen molar-refractivity contribution in [3.05, 3.63) is 76.6 Å². The summed E-state index contributed by atoms with van der Waals surface area (Å²) in [6.45, 7) is -0.183. The van der Waals surface area contributed by atoms with Gasteiger partial charge in [-0.25, -0.2) is 4.98 Å². The number of nitrogens with zero attached hydrogens (tertiary/aromatic N) is 4. The smallest absolute Gasteiger partial charge is 0.305 e. The van der Waals surface area contributed by atoms with E-state index >= 15 is 0 Å². The number of rotatable bonds is 5. The van der Waals surface area contributed by atoms with Crippen LogP contribution in [0.15, 0.2) is 53.8 Å². The summed E-state index contributed by atoms with van der Waals surface area (Å²) in [5.41, 5.74) is 3.56. The summed E-state index contributed by atoms with van der Waals surface area (Å²) in [6.07, 6.45) is 3.93. The second-order valence-corrected chi connectivity index (χ2v) is 7.02. The van der Waals surface area contributed by atoms with Gasteiger partial charge in [0.25, 0.3) is 0 Å². The number of carbonyl (C=O) groups is 1. The van der Waals surface area contributed by atoms with Crippen molar-refractivity contribution in [2.24, 2.45) is 4.99 Å². The van der Waals surface area contributed by atoms with Gasteiger partial charge in [-0.15, -0.1) is 0 Å². The molecule has 1 atom stereocenters. The molecular weight excluding hydrogens is 392 g/mol. The molecule has 8 heteroatoms. The second-order valence-electron chi connectivity index (χ2n) is 6.59. The van der Waals surface area contributed by atoms with Gasteiger partial charge in [0.2, 0.25) is 0 Å². The summed E-state index contributed by atoms with van der Waals surface area (Å²) >= 11 is 6.30. The first-order valence-electron chi connectivity index (χ1n) is 9.16. The Morgan fingerprint density at radius 3 is 2.86 bits per heavy atom. The van der Waals surface area contributed by atoms with E-state index in [1.165, 1.54) is 7.11 Å². The molecule has 1 aromatic carbocycles. The number of carbonyl (C=O) groups excluding carboxylic acids is 1. The largest absolute Gasteiger partial charge is 0.469 e. The summed E-state index contributed by atoms with van der Waals surface area (Å²) in [4.78, 5) is 25.7. The number of benzene rings is 1. The second kappa shape index (κ2) is 8.14. The van der Waals surface area contributed by atoms with Gasteiger partial charge in [-0.3, -0.25) is 19.3 Å². The van der Waals surface area contributed by atoms with Crippen LogP contribution in [0.25, 0.3) is 5.69 Å². The summed E-state index contributed by atoms with van der Waals surface area (Å²) in [6, 6.07) is 10.7. The van der Waals surface area contributed by atoms with Gasteiger partial charge >= 0.3 is 5.97 Å². The van der Waals surface area contributed by atoms with E-state index in [-0.39, 0.29) is 19.0 Å². The molecule has 2 aromatic heterocycles. The number of aliphatic hydroxyl groups excluding tert-OH is 1. The Morgan fingerprint density at radius 1 is 1.28 bits per heavy atom. The molecule has 1 aliphatic rings. The number of hydrogen-bond acceptors (Lipinski definition) is 6. The maximum atomic E-state index is 11.8. The molecule has 0 aliphatic carbocycles. The van der Waals surface area contributed by atoms with Crippen molar-refractivity contribution in [1.29, 1.82) is 0 Å². The van der Waals surface area contributed by atoms with Gasteiger partial charge in [-0.2, -0.15) is 0 Å². The van der Waals surface area contributed by atoms with Crippen LogP contribution in [-0.4, -0.2) is 38.4 Å². The van der Waals surface area contributed by atoms with Crippen LogP contribution in [0, 0.1) is 0 Å². The maximum Gasteiger partial charge on any atom is 0.305 e. The van der Waals surface area contributed by atoms with E-state index in [0.717, 1.165) is 11.3 Å². The molecule has 0 saturated heterocycles. The summed E-state index contributed by atoms with van der Waals surface area (Å²) in [5.74, 6) is 0.331. The minimum absolute atomic E-state index is 0.183. The van der Waals surface area contributed by atoms with E-state index in [1.54, 1.807) is 18.5 Å². The topological polar surface area (TPSA) is 89.6 Å². The Balaban J connectivity index is 1.94. The van der Waals surface area contributed by atoms with Gasteiger partial charge in [-0.05, 0) is 36.8 Å². The molecule has 0 radical (unpaired) electrons. The molecule has 29 heavy (non-hydrogen) atoms. The average Bonchev–Trinajstić information content (AvgIpc) is 3.12.